The Balaban J connectivity index is 1.72. The summed E-state index contributed by atoms with van der Waals surface area (Å²) >= 11 is 0. The Hall–Kier alpha value is -0.900. The Morgan fingerprint density at radius 1 is 1.31 bits per heavy atom. The van der Waals surface area contributed by atoms with Crippen LogP contribution in [0.5, 0.6) is 0 Å². The van der Waals surface area contributed by atoms with Crippen LogP contribution in [0.15, 0.2) is 0 Å². The molecule has 2 heterocycles. The average molecular weight is 225 g/mol. The summed E-state index contributed by atoms with van der Waals surface area (Å²) in [6, 6.07) is 0. The second-order valence-corrected chi connectivity index (χ2v) is 4.62. The van der Waals surface area contributed by atoms with Gasteiger partial charge in [-0.3, -0.25) is 9.59 Å². The predicted molar refractivity (Wildman–Crippen MR) is 59.0 cm³/mol. The van der Waals surface area contributed by atoms with Crippen molar-refractivity contribution in [3.8, 4) is 0 Å². The molecule has 90 valence electrons. The number of ether oxygens (including phenoxy) is 1. The van der Waals surface area contributed by atoms with Crippen molar-refractivity contribution in [1.82, 2.24) is 4.90 Å². The summed E-state index contributed by atoms with van der Waals surface area (Å²) in [5.74, 6) is 0.0715. The van der Waals surface area contributed by atoms with Crippen molar-refractivity contribution >= 4 is 11.7 Å². The minimum Gasteiger partial charge on any atom is -0.378 e. The van der Waals surface area contributed by atoms with Crippen molar-refractivity contribution in [1.29, 1.82) is 0 Å². The molecule has 2 saturated heterocycles. The lowest BCUT2D eigenvalue weighted by Crippen LogP contribution is -2.40. The summed E-state index contributed by atoms with van der Waals surface area (Å²) in [7, 11) is 0. The lowest BCUT2D eigenvalue weighted by atomic mass is 10.0. The van der Waals surface area contributed by atoms with Gasteiger partial charge in [-0.05, 0) is 25.7 Å². The second kappa shape index (κ2) is 5.43. The van der Waals surface area contributed by atoms with Gasteiger partial charge in [0.1, 0.15) is 5.78 Å². The van der Waals surface area contributed by atoms with Crippen LogP contribution in [0.1, 0.15) is 38.5 Å². The fourth-order valence-electron chi connectivity index (χ4n) is 2.32. The standard InChI is InChI=1S/C12H19NO3/c14-10-4-6-13(12(15)9-10)7-5-11-3-1-2-8-16-11/h11H,1-9H2. The minimum absolute atomic E-state index is 0.00735. The van der Waals surface area contributed by atoms with E-state index in [2.05, 4.69) is 0 Å². The van der Waals surface area contributed by atoms with E-state index in [9.17, 15) is 9.59 Å². The van der Waals surface area contributed by atoms with E-state index >= 15 is 0 Å². The molecule has 1 atom stereocenters. The molecular weight excluding hydrogens is 206 g/mol. The molecule has 0 aromatic heterocycles. The van der Waals surface area contributed by atoms with E-state index in [1.807, 2.05) is 0 Å². The number of ketones is 1. The average Bonchev–Trinajstić information content (AvgIpc) is 2.29. The van der Waals surface area contributed by atoms with Gasteiger partial charge >= 0.3 is 0 Å². The lowest BCUT2D eigenvalue weighted by molar-refractivity contribution is -0.139. The highest BCUT2D eigenvalue weighted by molar-refractivity contribution is 6.00. The third kappa shape index (κ3) is 3.04. The highest BCUT2D eigenvalue weighted by atomic mass is 16.5. The SMILES string of the molecule is O=C1CCN(CCC2CCCCO2)C(=O)C1. The van der Waals surface area contributed by atoms with E-state index in [-0.39, 0.29) is 18.1 Å². The van der Waals surface area contributed by atoms with E-state index in [1.54, 1.807) is 4.90 Å². The number of Topliss-reactive ketones (excluding diaryl/α,β-unsaturated/α-hetero) is 1. The quantitative estimate of drug-likeness (QED) is 0.677. The number of amides is 1. The Bertz CT molecular complexity index is 271. The normalized spacial score (nSPS) is 27.2. The molecule has 2 aliphatic heterocycles. The predicted octanol–water partition coefficient (Wildman–Crippen LogP) is 1.14. The summed E-state index contributed by atoms with van der Waals surface area (Å²) in [5, 5.41) is 0. The number of hydrogen-bond acceptors (Lipinski definition) is 3. The Morgan fingerprint density at radius 2 is 2.19 bits per heavy atom. The van der Waals surface area contributed by atoms with Crippen molar-refractivity contribution in [3.05, 3.63) is 0 Å². The van der Waals surface area contributed by atoms with Gasteiger partial charge in [0.25, 0.3) is 0 Å². The molecule has 0 bridgehead atoms. The van der Waals surface area contributed by atoms with Crippen LogP contribution in [0.2, 0.25) is 0 Å². The number of likely N-dealkylation sites (tertiary alicyclic amines) is 1. The first kappa shape index (κ1) is 11.6. The molecule has 1 unspecified atom stereocenters. The number of rotatable bonds is 3. The molecule has 0 aromatic carbocycles. The highest BCUT2D eigenvalue weighted by Crippen LogP contribution is 2.17. The molecule has 2 rings (SSSR count). The fourth-order valence-corrected chi connectivity index (χ4v) is 2.32. The largest absolute Gasteiger partial charge is 0.378 e. The van der Waals surface area contributed by atoms with Gasteiger partial charge in [-0.1, -0.05) is 0 Å². The molecule has 0 aliphatic carbocycles. The van der Waals surface area contributed by atoms with Crippen LogP contribution in [0.4, 0.5) is 0 Å². The van der Waals surface area contributed by atoms with Gasteiger partial charge < -0.3 is 9.64 Å². The lowest BCUT2D eigenvalue weighted by Gasteiger charge is -2.29. The number of carbonyl (C=O) groups is 2. The first-order valence-corrected chi connectivity index (χ1v) is 6.17. The van der Waals surface area contributed by atoms with Gasteiger partial charge in [-0.25, -0.2) is 0 Å². The van der Waals surface area contributed by atoms with Crippen LogP contribution in [0.25, 0.3) is 0 Å². The van der Waals surface area contributed by atoms with Crippen molar-refractivity contribution in [2.75, 3.05) is 19.7 Å². The first-order chi connectivity index (χ1) is 7.75. The van der Waals surface area contributed by atoms with Gasteiger partial charge in [0, 0.05) is 26.1 Å². The van der Waals surface area contributed by atoms with Gasteiger partial charge in [-0.2, -0.15) is 0 Å². The molecule has 2 aliphatic rings. The molecule has 4 heteroatoms. The summed E-state index contributed by atoms with van der Waals surface area (Å²) in [6.45, 7) is 2.21. The maximum atomic E-state index is 11.5. The first-order valence-electron chi connectivity index (χ1n) is 6.17. The molecule has 16 heavy (non-hydrogen) atoms. The molecule has 4 nitrogen and oxygen atoms in total. The summed E-state index contributed by atoms with van der Waals surface area (Å²) in [5.41, 5.74) is 0. The topological polar surface area (TPSA) is 46.6 Å². The highest BCUT2D eigenvalue weighted by Gasteiger charge is 2.24. The minimum atomic E-state index is -0.00735. The molecule has 0 spiro atoms. The number of carbonyl (C=O) groups excluding carboxylic acids is 2. The zero-order valence-corrected chi connectivity index (χ0v) is 9.61. The van der Waals surface area contributed by atoms with Crippen molar-refractivity contribution in [3.63, 3.8) is 0 Å². The second-order valence-electron chi connectivity index (χ2n) is 4.62. The Morgan fingerprint density at radius 3 is 2.88 bits per heavy atom. The van der Waals surface area contributed by atoms with Crippen LogP contribution in [0, 0.1) is 0 Å². The third-order valence-corrected chi connectivity index (χ3v) is 3.36. The third-order valence-electron chi connectivity index (χ3n) is 3.36. The summed E-state index contributed by atoms with van der Waals surface area (Å²) in [6.07, 6.45) is 5.37. The summed E-state index contributed by atoms with van der Waals surface area (Å²) < 4.78 is 5.62. The van der Waals surface area contributed by atoms with Crippen LogP contribution in [-0.4, -0.2) is 42.4 Å². The zero-order chi connectivity index (χ0) is 11.4. The maximum absolute atomic E-state index is 11.5. The smallest absolute Gasteiger partial charge is 0.230 e. The maximum Gasteiger partial charge on any atom is 0.230 e. The molecule has 0 saturated carbocycles. The zero-order valence-electron chi connectivity index (χ0n) is 9.61. The fraction of sp³-hybridized carbons (Fsp3) is 0.833. The van der Waals surface area contributed by atoms with Gasteiger partial charge in [-0.15, -0.1) is 0 Å². The molecule has 2 fully saturated rings. The molecule has 1 amide bonds. The monoisotopic (exact) mass is 225 g/mol. The van der Waals surface area contributed by atoms with Crippen LogP contribution >= 0.6 is 0 Å². The molecule has 0 aromatic rings. The Labute approximate surface area is 95.9 Å². The summed E-state index contributed by atoms with van der Waals surface area (Å²) in [4.78, 5) is 24.4. The van der Waals surface area contributed by atoms with Crippen LogP contribution in [0.3, 0.4) is 0 Å². The Kier molecular flexibility index (Phi) is 3.93. The number of nitrogens with zero attached hydrogens (tertiary/aromatic N) is 1. The van der Waals surface area contributed by atoms with Crippen molar-refractivity contribution in [2.24, 2.45) is 0 Å². The van der Waals surface area contributed by atoms with Crippen LogP contribution in [-0.2, 0) is 14.3 Å². The molecule has 0 N–H and O–H groups in total. The van der Waals surface area contributed by atoms with E-state index in [1.165, 1.54) is 6.42 Å². The van der Waals surface area contributed by atoms with E-state index < -0.39 is 0 Å². The van der Waals surface area contributed by atoms with Gasteiger partial charge in [0.2, 0.25) is 5.91 Å². The van der Waals surface area contributed by atoms with Crippen LogP contribution < -0.4 is 0 Å². The van der Waals surface area contributed by atoms with Gasteiger partial charge in [0.05, 0.1) is 12.5 Å². The van der Waals surface area contributed by atoms with E-state index in [0.717, 1.165) is 32.4 Å². The molecular formula is C12H19NO3. The number of hydrogen-bond donors (Lipinski definition) is 0. The van der Waals surface area contributed by atoms with Gasteiger partial charge in [0.15, 0.2) is 0 Å². The van der Waals surface area contributed by atoms with Crippen molar-refractivity contribution < 1.29 is 14.3 Å². The number of piperidine rings is 1. The molecule has 0 radical (unpaired) electrons. The van der Waals surface area contributed by atoms with E-state index in [4.69, 9.17) is 4.74 Å². The van der Waals surface area contributed by atoms with Crippen molar-refractivity contribution in [2.45, 2.75) is 44.6 Å². The van der Waals surface area contributed by atoms with E-state index in [0.29, 0.717) is 19.1 Å².